The molecule has 80 valence electrons. The zero-order chi connectivity index (χ0) is 11.5. The van der Waals surface area contributed by atoms with Crippen LogP contribution in [0.25, 0.3) is 0 Å². The smallest absolute Gasteiger partial charge is 0.405 e. The Balaban J connectivity index is 3.02. The van der Waals surface area contributed by atoms with Crippen molar-refractivity contribution in [1.29, 1.82) is 5.26 Å². The third-order valence-corrected chi connectivity index (χ3v) is 1.82. The van der Waals surface area contributed by atoms with Crippen molar-refractivity contribution in [1.82, 2.24) is 0 Å². The van der Waals surface area contributed by atoms with Crippen molar-refractivity contribution in [2.45, 2.75) is 17.7 Å². The molecule has 15 heavy (non-hydrogen) atoms. The van der Waals surface area contributed by atoms with Crippen LogP contribution in [-0.4, -0.2) is 6.36 Å². The number of nitriles is 1. The molecule has 2 nitrogen and oxygen atoms in total. The maximum Gasteiger partial charge on any atom is 0.573 e. The minimum atomic E-state index is -4.75. The van der Waals surface area contributed by atoms with Crippen LogP contribution < -0.4 is 4.74 Å². The Morgan fingerprint density at radius 3 is 2.60 bits per heavy atom. The zero-order valence-corrected chi connectivity index (χ0v) is 8.27. The predicted octanol–water partition coefficient (Wildman–Crippen LogP) is 2.94. The van der Waals surface area contributed by atoms with E-state index in [1.807, 2.05) is 0 Å². The molecule has 6 heteroatoms. The number of benzene rings is 1. The molecule has 1 aromatic carbocycles. The minimum absolute atomic E-state index is 0.153. The topological polar surface area (TPSA) is 33.0 Å². The monoisotopic (exact) mass is 233 g/mol. The fraction of sp³-hybridized carbons (Fsp3) is 0.222. The molecule has 0 aliphatic rings. The largest absolute Gasteiger partial charge is 0.573 e. The van der Waals surface area contributed by atoms with Crippen molar-refractivity contribution >= 4 is 12.6 Å². The molecule has 0 spiro atoms. The van der Waals surface area contributed by atoms with Crippen molar-refractivity contribution in [2.75, 3.05) is 0 Å². The molecule has 0 heterocycles. The highest BCUT2D eigenvalue weighted by atomic mass is 32.1. The molecule has 0 atom stereocenters. The highest BCUT2D eigenvalue weighted by Gasteiger charge is 2.31. The summed E-state index contributed by atoms with van der Waals surface area (Å²) >= 11 is 3.96. The Kier molecular flexibility index (Phi) is 3.48. The van der Waals surface area contributed by atoms with E-state index in [2.05, 4.69) is 17.4 Å². The minimum Gasteiger partial charge on any atom is -0.405 e. The number of hydrogen-bond donors (Lipinski definition) is 1. The SMILES string of the molecule is N#CCc1cc(S)ccc1OC(F)(F)F. The molecule has 0 aromatic heterocycles. The quantitative estimate of drug-likeness (QED) is 0.796. The Morgan fingerprint density at radius 1 is 1.40 bits per heavy atom. The first-order valence-electron chi connectivity index (χ1n) is 3.87. The van der Waals surface area contributed by atoms with E-state index in [0.29, 0.717) is 4.90 Å². The van der Waals surface area contributed by atoms with Gasteiger partial charge in [0.15, 0.2) is 0 Å². The van der Waals surface area contributed by atoms with Gasteiger partial charge in [-0.15, -0.1) is 25.8 Å². The molecule has 1 aromatic rings. The van der Waals surface area contributed by atoms with Gasteiger partial charge in [0.1, 0.15) is 5.75 Å². The van der Waals surface area contributed by atoms with Gasteiger partial charge in [0.2, 0.25) is 0 Å². The summed E-state index contributed by atoms with van der Waals surface area (Å²) in [5, 5.41) is 8.42. The first-order chi connectivity index (χ1) is 6.92. The van der Waals surface area contributed by atoms with Crippen LogP contribution >= 0.6 is 12.6 Å². The number of nitrogens with zero attached hydrogens (tertiary/aromatic N) is 1. The van der Waals surface area contributed by atoms with E-state index in [1.54, 1.807) is 6.07 Å². The highest BCUT2D eigenvalue weighted by Crippen LogP contribution is 2.28. The van der Waals surface area contributed by atoms with Crippen LogP contribution in [0, 0.1) is 11.3 Å². The lowest BCUT2D eigenvalue weighted by molar-refractivity contribution is -0.274. The van der Waals surface area contributed by atoms with Crippen molar-refractivity contribution in [2.24, 2.45) is 0 Å². The van der Waals surface area contributed by atoms with Crippen molar-refractivity contribution < 1.29 is 17.9 Å². The van der Waals surface area contributed by atoms with Gasteiger partial charge in [-0.05, 0) is 18.2 Å². The average molecular weight is 233 g/mol. The first kappa shape index (κ1) is 11.7. The van der Waals surface area contributed by atoms with Crippen molar-refractivity contribution in [3.05, 3.63) is 23.8 Å². The highest BCUT2D eigenvalue weighted by molar-refractivity contribution is 7.80. The van der Waals surface area contributed by atoms with E-state index >= 15 is 0 Å². The molecular formula is C9H6F3NOS. The molecule has 1 rings (SSSR count). The summed E-state index contributed by atoms with van der Waals surface area (Å²) in [5.41, 5.74) is 0.169. The van der Waals surface area contributed by atoms with E-state index < -0.39 is 6.36 Å². The molecule has 0 saturated heterocycles. The molecular weight excluding hydrogens is 227 g/mol. The number of hydrogen-bond acceptors (Lipinski definition) is 3. The Bertz CT molecular complexity index is 397. The van der Waals surface area contributed by atoms with Gasteiger partial charge in [0.25, 0.3) is 0 Å². The number of ether oxygens (including phenoxy) is 1. The lowest BCUT2D eigenvalue weighted by Crippen LogP contribution is -2.18. The second-order valence-electron chi connectivity index (χ2n) is 2.67. The predicted molar refractivity (Wildman–Crippen MR) is 49.7 cm³/mol. The lowest BCUT2D eigenvalue weighted by Gasteiger charge is -2.11. The van der Waals surface area contributed by atoms with E-state index in [-0.39, 0.29) is 17.7 Å². The standard InChI is InChI=1S/C9H6F3NOS/c10-9(11,12)14-8-2-1-7(15)5-6(8)3-4-13/h1-2,5,15H,3H2. The summed E-state index contributed by atoms with van der Waals surface area (Å²) in [6, 6.07) is 5.63. The van der Waals surface area contributed by atoms with E-state index in [4.69, 9.17) is 5.26 Å². The second kappa shape index (κ2) is 4.45. The molecule has 0 amide bonds. The molecule has 0 aliphatic carbocycles. The van der Waals surface area contributed by atoms with E-state index in [1.165, 1.54) is 12.1 Å². The normalized spacial score (nSPS) is 10.9. The maximum absolute atomic E-state index is 11.9. The Labute approximate surface area is 89.7 Å². The van der Waals surface area contributed by atoms with E-state index in [0.717, 1.165) is 6.07 Å². The number of halogens is 3. The van der Waals surface area contributed by atoms with Crippen LogP contribution in [0.1, 0.15) is 5.56 Å². The third-order valence-electron chi connectivity index (χ3n) is 1.54. The van der Waals surface area contributed by atoms with Crippen LogP contribution in [0.15, 0.2) is 23.1 Å². The van der Waals surface area contributed by atoms with Gasteiger partial charge < -0.3 is 4.74 Å². The second-order valence-corrected chi connectivity index (χ2v) is 3.19. The van der Waals surface area contributed by atoms with Gasteiger partial charge in [0, 0.05) is 10.5 Å². The summed E-state index contributed by atoms with van der Waals surface area (Å²) in [6.45, 7) is 0. The molecule has 0 N–H and O–H groups in total. The summed E-state index contributed by atoms with van der Waals surface area (Å²) < 4.78 is 39.6. The Hall–Kier alpha value is -1.35. The molecule has 0 saturated carbocycles. The fourth-order valence-corrected chi connectivity index (χ4v) is 1.24. The summed E-state index contributed by atoms with van der Waals surface area (Å²) in [4.78, 5) is 0.481. The van der Waals surface area contributed by atoms with Crippen LogP contribution in [-0.2, 0) is 6.42 Å². The molecule has 0 unspecified atom stereocenters. The van der Waals surface area contributed by atoms with Crippen LogP contribution in [0.4, 0.5) is 13.2 Å². The molecule has 0 radical (unpaired) electrons. The van der Waals surface area contributed by atoms with Gasteiger partial charge in [-0.1, -0.05) is 0 Å². The van der Waals surface area contributed by atoms with Crippen molar-refractivity contribution in [3.63, 3.8) is 0 Å². The summed E-state index contributed by atoms with van der Waals surface area (Å²) in [5.74, 6) is -0.359. The molecule has 0 aliphatic heterocycles. The average Bonchev–Trinajstić information content (AvgIpc) is 2.08. The third kappa shape index (κ3) is 3.72. The summed E-state index contributed by atoms with van der Waals surface area (Å²) in [6.07, 6.45) is -4.90. The number of rotatable bonds is 2. The van der Waals surface area contributed by atoms with E-state index in [9.17, 15) is 13.2 Å². The zero-order valence-electron chi connectivity index (χ0n) is 7.38. The summed E-state index contributed by atoms with van der Waals surface area (Å²) in [7, 11) is 0. The maximum atomic E-state index is 11.9. The fourth-order valence-electron chi connectivity index (χ4n) is 1.01. The van der Waals surface area contributed by atoms with Gasteiger partial charge in [0.05, 0.1) is 12.5 Å². The van der Waals surface area contributed by atoms with Crippen LogP contribution in [0.2, 0.25) is 0 Å². The number of thiol groups is 1. The van der Waals surface area contributed by atoms with Gasteiger partial charge >= 0.3 is 6.36 Å². The molecule has 0 fully saturated rings. The number of alkyl halides is 3. The lowest BCUT2D eigenvalue weighted by atomic mass is 10.1. The first-order valence-corrected chi connectivity index (χ1v) is 4.31. The molecule has 0 bridgehead atoms. The van der Waals surface area contributed by atoms with Gasteiger partial charge in [-0.25, -0.2) is 0 Å². The van der Waals surface area contributed by atoms with Crippen LogP contribution in [0.5, 0.6) is 5.75 Å². The van der Waals surface area contributed by atoms with Gasteiger partial charge in [-0.3, -0.25) is 0 Å². The van der Waals surface area contributed by atoms with Gasteiger partial charge in [-0.2, -0.15) is 5.26 Å². The Morgan fingerprint density at radius 2 is 2.07 bits per heavy atom. The van der Waals surface area contributed by atoms with Crippen molar-refractivity contribution in [3.8, 4) is 11.8 Å². The van der Waals surface area contributed by atoms with Crippen LogP contribution in [0.3, 0.4) is 0 Å².